The lowest BCUT2D eigenvalue weighted by atomic mass is 9.88. The van der Waals surface area contributed by atoms with Gasteiger partial charge in [-0.25, -0.2) is 4.39 Å². The van der Waals surface area contributed by atoms with Gasteiger partial charge in [0.05, 0.1) is 6.61 Å². The minimum atomic E-state index is -0.250. The fourth-order valence-corrected chi connectivity index (χ4v) is 3.30. The van der Waals surface area contributed by atoms with Crippen LogP contribution in [-0.2, 0) is 0 Å². The maximum Gasteiger partial charge on any atom is 0.123 e. The Bertz CT molecular complexity index is 884. The molecular weight excluding hydrogens is 359 g/mol. The normalized spacial score (nSPS) is 11.8. The Labute approximate surface area is 165 Å². The van der Waals surface area contributed by atoms with Gasteiger partial charge in [0.1, 0.15) is 11.6 Å². The van der Waals surface area contributed by atoms with E-state index >= 15 is 0 Å². The number of ether oxygens (including phenoxy) is 1. The highest BCUT2D eigenvalue weighted by molar-refractivity contribution is 6.18. The van der Waals surface area contributed by atoms with Crippen LogP contribution >= 0.6 is 11.6 Å². The summed E-state index contributed by atoms with van der Waals surface area (Å²) in [6.07, 6.45) is 0.675. The molecule has 0 saturated heterocycles. The molecule has 0 aliphatic heterocycles. The fourth-order valence-electron chi connectivity index (χ4n) is 3.11. The van der Waals surface area contributed by atoms with Gasteiger partial charge >= 0.3 is 0 Å². The van der Waals surface area contributed by atoms with Crippen molar-refractivity contribution < 1.29 is 9.13 Å². The lowest BCUT2D eigenvalue weighted by Gasteiger charge is -2.17. The van der Waals surface area contributed by atoms with Crippen LogP contribution in [0.15, 0.2) is 78.9 Å². The maximum absolute atomic E-state index is 13.4. The molecule has 0 fully saturated rings. The van der Waals surface area contributed by atoms with Crippen LogP contribution in [0, 0.1) is 12.7 Å². The highest BCUT2D eigenvalue weighted by Gasteiger charge is 2.14. The summed E-state index contributed by atoms with van der Waals surface area (Å²) in [7, 11) is 0. The molecule has 1 radical (unpaired) electrons. The molecule has 0 amide bonds. The molecule has 0 bridgehead atoms. The molecule has 0 unspecified atom stereocenters. The Balaban J connectivity index is 2.19. The Morgan fingerprint density at radius 3 is 2.00 bits per heavy atom. The minimum Gasteiger partial charge on any atom is -0.494 e. The van der Waals surface area contributed by atoms with E-state index < -0.39 is 0 Å². The Hall–Kier alpha value is -2.58. The van der Waals surface area contributed by atoms with E-state index in [1.807, 2.05) is 42.5 Å². The summed E-state index contributed by atoms with van der Waals surface area (Å²) in [6, 6.07) is 24.7. The van der Waals surface area contributed by atoms with E-state index in [0.717, 1.165) is 33.6 Å². The van der Waals surface area contributed by atoms with Gasteiger partial charge in [0.25, 0.3) is 0 Å². The molecule has 0 aromatic heterocycles. The van der Waals surface area contributed by atoms with Crippen molar-refractivity contribution in [2.75, 3.05) is 12.5 Å². The zero-order valence-electron chi connectivity index (χ0n) is 15.0. The molecule has 27 heavy (non-hydrogen) atoms. The molecule has 0 heterocycles. The van der Waals surface area contributed by atoms with E-state index in [1.165, 1.54) is 12.1 Å². The first-order chi connectivity index (χ1) is 13.2. The third-order valence-electron chi connectivity index (χ3n) is 4.31. The first-order valence-corrected chi connectivity index (χ1v) is 9.39. The van der Waals surface area contributed by atoms with Crippen LogP contribution in [0.4, 0.5) is 4.39 Å². The van der Waals surface area contributed by atoms with Gasteiger partial charge in [-0.2, -0.15) is 0 Å². The first kappa shape index (κ1) is 19.2. The van der Waals surface area contributed by atoms with Gasteiger partial charge in [-0.05, 0) is 65.4 Å². The Morgan fingerprint density at radius 2 is 1.41 bits per heavy atom. The van der Waals surface area contributed by atoms with Gasteiger partial charge in [-0.3, -0.25) is 0 Å². The van der Waals surface area contributed by atoms with Crippen molar-refractivity contribution in [2.45, 2.75) is 6.42 Å². The van der Waals surface area contributed by atoms with Gasteiger partial charge in [-0.1, -0.05) is 54.6 Å². The highest BCUT2D eigenvalue weighted by atomic mass is 35.5. The van der Waals surface area contributed by atoms with Gasteiger partial charge in [-0.15, -0.1) is 11.6 Å². The van der Waals surface area contributed by atoms with E-state index in [-0.39, 0.29) is 5.82 Å². The summed E-state index contributed by atoms with van der Waals surface area (Å²) in [4.78, 5) is 0. The SMILES string of the molecule is [CH2]COc1ccc(/C(=C(/CCCl)c2ccc(F)cc2)c2ccccc2)cc1. The zero-order valence-corrected chi connectivity index (χ0v) is 15.8. The summed E-state index contributed by atoms with van der Waals surface area (Å²) in [5.41, 5.74) is 5.29. The summed E-state index contributed by atoms with van der Waals surface area (Å²) >= 11 is 6.13. The second kappa shape index (κ2) is 9.38. The average molecular weight is 380 g/mol. The second-order valence-corrected chi connectivity index (χ2v) is 6.42. The van der Waals surface area contributed by atoms with Gasteiger partial charge < -0.3 is 4.74 Å². The Kier molecular flexibility index (Phi) is 6.67. The molecule has 0 atom stereocenters. The van der Waals surface area contributed by atoms with E-state index in [0.29, 0.717) is 18.9 Å². The molecule has 137 valence electrons. The van der Waals surface area contributed by atoms with Gasteiger partial charge in [0, 0.05) is 5.88 Å². The zero-order chi connectivity index (χ0) is 19.1. The number of halogens is 2. The molecule has 0 aliphatic rings. The van der Waals surface area contributed by atoms with Crippen molar-refractivity contribution in [3.05, 3.63) is 108 Å². The molecule has 0 spiro atoms. The van der Waals surface area contributed by atoms with Crippen molar-refractivity contribution in [2.24, 2.45) is 0 Å². The number of rotatable bonds is 7. The molecule has 1 nitrogen and oxygen atoms in total. The quantitative estimate of drug-likeness (QED) is 0.331. The predicted octanol–water partition coefficient (Wildman–Crippen LogP) is 6.63. The van der Waals surface area contributed by atoms with E-state index in [1.54, 1.807) is 12.1 Å². The van der Waals surface area contributed by atoms with Crippen molar-refractivity contribution in [3.63, 3.8) is 0 Å². The van der Waals surface area contributed by atoms with Crippen LogP contribution in [0.5, 0.6) is 5.75 Å². The molecule has 3 aromatic rings. The highest BCUT2D eigenvalue weighted by Crippen LogP contribution is 2.35. The lowest BCUT2D eigenvalue weighted by Crippen LogP contribution is -1.97. The van der Waals surface area contributed by atoms with Crippen LogP contribution in [0.1, 0.15) is 23.1 Å². The molecular formula is C24H21ClFO. The average Bonchev–Trinajstić information content (AvgIpc) is 2.71. The second-order valence-electron chi connectivity index (χ2n) is 6.04. The van der Waals surface area contributed by atoms with Crippen LogP contribution in [0.3, 0.4) is 0 Å². The summed E-state index contributed by atoms with van der Waals surface area (Å²) in [5, 5.41) is 0. The Morgan fingerprint density at radius 1 is 0.815 bits per heavy atom. The largest absolute Gasteiger partial charge is 0.494 e. The lowest BCUT2D eigenvalue weighted by molar-refractivity contribution is 0.361. The van der Waals surface area contributed by atoms with E-state index in [4.69, 9.17) is 16.3 Å². The fraction of sp³-hybridized carbons (Fsp3) is 0.125. The smallest absolute Gasteiger partial charge is 0.123 e. The van der Waals surface area contributed by atoms with Crippen molar-refractivity contribution in [1.29, 1.82) is 0 Å². The monoisotopic (exact) mass is 379 g/mol. The van der Waals surface area contributed by atoms with Crippen LogP contribution in [0.25, 0.3) is 11.1 Å². The van der Waals surface area contributed by atoms with Crippen LogP contribution in [-0.4, -0.2) is 12.5 Å². The van der Waals surface area contributed by atoms with E-state index in [2.05, 4.69) is 19.1 Å². The summed E-state index contributed by atoms with van der Waals surface area (Å²) in [6.45, 7) is 4.09. The minimum absolute atomic E-state index is 0.250. The number of alkyl halides is 1. The van der Waals surface area contributed by atoms with Crippen LogP contribution < -0.4 is 4.74 Å². The third-order valence-corrected chi connectivity index (χ3v) is 4.50. The number of hydrogen-bond acceptors (Lipinski definition) is 1. The van der Waals surface area contributed by atoms with Crippen molar-refractivity contribution in [1.82, 2.24) is 0 Å². The molecule has 3 rings (SSSR count). The molecule has 0 aliphatic carbocycles. The van der Waals surface area contributed by atoms with Gasteiger partial charge in [0.15, 0.2) is 0 Å². The van der Waals surface area contributed by atoms with Crippen molar-refractivity contribution >= 4 is 22.7 Å². The summed E-state index contributed by atoms with van der Waals surface area (Å²) < 4.78 is 18.9. The standard InChI is InChI=1S/C24H21ClFO/c1-2-27-22-14-10-20(11-15-22)24(19-6-4-3-5-7-19)23(16-17-25)18-8-12-21(26)13-9-18/h3-15H,1-2,16-17H2/b24-23-. The first-order valence-electron chi connectivity index (χ1n) is 8.86. The summed E-state index contributed by atoms with van der Waals surface area (Å²) in [5.74, 6) is 1.01. The molecule has 0 saturated carbocycles. The molecule has 3 heteroatoms. The van der Waals surface area contributed by atoms with Crippen LogP contribution in [0.2, 0.25) is 0 Å². The number of benzene rings is 3. The molecule has 3 aromatic carbocycles. The topological polar surface area (TPSA) is 9.23 Å². The van der Waals surface area contributed by atoms with E-state index in [9.17, 15) is 4.39 Å². The molecule has 0 N–H and O–H groups in total. The third kappa shape index (κ3) is 4.78. The van der Waals surface area contributed by atoms with Crippen molar-refractivity contribution in [3.8, 4) is 5.75 Å². The number of allylic oxidation sites excluding steroid dienone is 1. The predicted molar refractivity (Wildman–Crippen MR) is 111 cm³/mol. The van der Waals surface area contributed by atoms with Gasteiger partial charge in [0.2, 0.25) is 0 Å². The maximum atomic E-state index is 13.4. The number of hydrogen-bond donors (Lipinski definition) is 0.